The van der Waals surface area contributed by atoms with Crippen LogP contribution >= 0.6 is 0 Å². The first-order chi connectivity index (χ1) is 7.63. The van der Waals surface area contributed by atoms with Gasteiger partial charge in [0.05, 0.1) is 6.10 Å². The molecule has 0 radical (unpaired) electrons. The summed E-state index contributed by atoms with van der Waals surface area (Å²) in [5.41, 5.74) is 0.583. The number of nitrogens with one attached hydrogen (secondary N) is 1. The molecule has 0 aliphatic heterocycles. The summed E-state index contributed by atoms with van der Waals surface area (Å²) in [6.45, 7) is 5.60. The molecule has 0 unspecified atom stereocenters. The zero-order valence-electron chi connectivity index (χ0n) is 9.73. The number of anilines is 1. The Hall–Kier alpha value is -1.84. The van der Waals surface area contributed by atoms with E-state index in [-0.39, 0.29) is 12.0 Å². The van der Waals surface area contributed by atoms with Gasteiger partial charge >= 0.3 is 0 Å². The highest BCUT2D eigenvalue weighted by molar-refractivity contribution is 5.99. The van der Waals surface area contributed by atoms with Crippen LogP contribution in [0.5, 0.6) is 5.88 Å². The molecule has 1 amide bonds. The number of nitrogens with zero attached hydrogens (tertiary/aromatic N) is 1. The van der Waals surface area contributed by atoms with E-state index in [0.29, 0.717) is 11.6 Å². The molecule has 1 aromatic rings. The Morgan fingerprint density at radius 1 is 1.56 bits per heavy atom. The number of carbonyl (C=O) groups excluding carboxylic acids is 1. The van der Waals surface area contributed by atoms with E-state index in [1.807, 2.05) is 13.8 Å². The molecule has 86 valence electrons. The van der Waals surface area contributed by atoms with Gasteiger partial charge in [0.15, 0.2) is 0 Å². The van der Waals surface area contributed by atoms with Crippen LogP contribution in [-0.2, 0) is 4.79 Å². The van der Waals surface area contributed by atoms with Crippen LogP contribution in [0.15, 0.2) is 30.5 Å². The quantitative estimate of drug-likeness (QED) is 0.792. The highest BCUT2D eigenvalue weighted by atomic mass is 16.5. The van der Waals surface area contributed by atoms with Crippen LogP contribution < -0.4 is 10.1 Å². The molecule has 0 saturated carbocycles. The summed E-state index contributed by atoms with van der Waals surface area (Å²) in [6.07, 6.45) is 4.77. The Bertz CT molecular complexity index is 386. The number of aromatic nitrogens is 1. The molecule has 1 aromatic heterocycles. The minimum absolute atomic E-state index is 0.0206. The number of hydrogen-bond donors (Lipinski definition) is 1. The number of hydrogen-bond acceptors (Lipinski definition) is 3. The van der Waals surface area contributed by atoms with Crippen molar-refractivity contribution < 1.29 is 9.53 Å². The molecular formula is C12H16N2O2. The maximum atomic E-state index is 11.4. The Morgan fingerprint density at radius 3 is 2.94 bits per heavy atom. The summed E-state index contributed by atoms with van der Waals surface area (Å²) in [7, 11) is 0. The fourth-order valence-corrected chi connectivity index (χ4v) is 1.13. The van der Waals surface area contributed by atoms with Crippen molar-refractivity contribution in [3.8, 4) is 5.88 Å². The lowest BCUT2D eigenvalue weighted by molar-refractivity contribution is -0.111. The zero-order chi connectivity index (χ0) is 12.0. The molecule has 16 heavy (non-hydrogen) atoms. The van der Waals surface area contributed by atoms with E-state index in [0.717, 1.165) is 0 Å². The summed E-state index contributed by atoms with van der Waals surface area (Å²) in [6, 6.07) is 3.50. The number of rotatable bonds is 4. The summed E-state index contributed by atoms with van der Waals surface area (Å²) in [5, 5.41) is 2.70. The summed E-state index contributed by atoms with van der Waals surface area (Å²) < 4.78 is 5.47. The third-order valence-corrected chi connectivity index (χ3v) is 1.69. The van der Waals surface area contributed by atoms with Crippen molar-refractivity contribution in [2.75, 3.05) is 5.32 Å². The van der Waals surface area contributed by atoms with E-state index in [4.69, 9.17) is 4.74 Å². The Balaban J connectivity index is 2.82. The molecule has 4 nitrogen and oxygen atoms in total. The third-order valence-electron chi connectivity index (χ3n) is 1.69. The third kappa shape index (κ3) is 3.73. The fourth-order valence-electron chi connectivity index (χ4n) is 1.13. The van der Waals surface area contributed by atoms with E-state index in [9.17, 15) is 4.79 Å². The predicted octanol–water partition coefficient (Wildman–Crippen LogP) is 2.38. The molecule has 0 fully saturated rings. The highest BCUT2D eigenvalue weighted by Gasteiger charge is 2.07. The first-order valence-electron chi connectivity index (χ1n) is 5.19. The Labute approximate surface area is 95.3 Å². The predicted molar refractivity (Wildman–Crippen MR) is 63.4 cm³/mol. The van der Waals surface area contributed by atoms with Gasteiger partial charge < -0.3 is 10.1 Å². The highest BCUT2D eigenvalue weighted by Crippen LogP contribution is 2.21. The van der Waals surface area contributed by atoms with Gasteiger partial charge in [-0.3, -0.25) is 4.79 Å². The van der Waals surface area contributed by atoms with Crippen molar-refractivity contribution in [3.63, 3.8) is 0 Å². The molecule has 4 heteroatoms. The van der Waals surface area contributed by atoms with Gasteiger partial charge in [-0.15, -0.1) is 0 Å². The van der Waals surface area contributed by atoms with Gasteiger partial charge in [0.2, 0.25) is 11.8 Å². The van der Waals surface area contributed by atoms with Crippen LogP contribution in [0.25, 0.3) is 0 Å². The number of ether oxygens (including phenoxy) is 1. The van der Waals surface area contributed by atoms with Crippen molar-refractivity contribution in [2.45, 2.75) is 26.9 Å². The lowest BCUT2D eigenvalue weighted by Gasteiger charge is -2.12. The van der Waals surface area contributed by atoms with Gasteiger partial charge in [-0.1, -0.05) is 6.08 Å². The van der Waals surface area contributed by atoms with Crippen molar-refractivity contribution in [2.24, 2.45) is 0 Å². The van der Waals surface area contributed by atoms with Crippen LogP contribution in [0.1, 0.15) is 20.8 Å². The van der Waals surface area contributed by atoms with Crippen LogP contribution in [0, 0.1) is 0 Å². The second kappa shape index (κ2) is 5.90. The van der Waals surface area contributed by atoms with Gasteiger partial charge in [0.25, 0.3) is 0 Å². The lowest BCUT2D eigenvalue weighted by Crippen LogP contribution is -2.13. The van der Waals surface area contributed by atoms with E-state index < -0.39 is 0 Å². The number of pyridine rings is 1. The molecule has 1 rings (SSSR count). The Morgan fingerprint density at radius 2 is 2.31 bits per heavy atom. The van der Waals surface area contributed by atoms with E-state index in [1.165, 1.54) is 6.08 Å². The van der Waals surface area contributed by atoms with Crippen molar-refractivity contribution in [1.29, 1.82) is 0 Å². The molecule has 0 aromatic carbocycles. The van der Waals surface area contributed by atoms with E-state index >= 15 is 0 Å². The molecular weight excluding hydrogens is 204 g/mol. The smallest absolute Gasteiger partial charge is 0.248 e. The van der Waals surface area contributed by atoms with Gasteiger partial charge in [0.1, 0.15) is 5.69 Å². The Kier molecular flexibility index (Phi) is 4.51. The largest absolute Gasteiger partial charge is 0.473 e. The minimum Gasteiger partial charge on any atom is -0.473 e. The second-order valence-corrected chi connectivity index (χ2v) is 3.51. The van der Waals surface area contributed by atoms with Crippen LogP contribution in [0.3, 0.4) is 0 Å². The van der Waals surface area contributed by atoms with Crippen LogP contribution in [0.2, 0.25) is 0 Å². The number of allylic oxidation sites excluding steroid dienone is 1. The average molecular weight is 220 g/mol. The molecule has 0 aliphatic carbocycles. The molecule has 0 saturated heterocycles. The summed E-state index contributed by atoms with van der Waals surface area (Å²) in [4.78, 5) is 15.4. The standard InChI is InChI=1S/C12H16N2O2/c1-4-6-11(15)14-10-7-5-8-13-12(10)16-9(2)3/h4-9H,1-3H3,(H,14,15). The lowest BCUT2D eigenvalue weighted by atomic mass is 10.3. The van der Waals surface area contributed by atoms with Crippen molar-refractivity contribution in [3.05, 3.63) is 30.5 Å². The number of amides is 1. The first-order valence-corrected chi connectivity index (χ1v) is 5.19. The monoisotopic (exact) mass is 220 g/mol. The molecule has 1 N–H and O–H groups in total. The fraction of sp³-hybridized carbons (Fsp3) is 0.333. The van der Waals surface area contributed by atoms with E-state index in [2.05, 4.69) is 10.3 Å². The number of carbonyl (C=O) groups is 1. The first kappa shape index (κ1) is 12.2. The normalized spacial score (nSPS) is 10.8. The van der Waals surface area contributed by atoms with Crippen LogP contribution in [0.4, 0.5) is 5.69 Å². The van der Waals surface area contributed by atoms with Crippen molar-refractivity contribution >= 4 is 11.6 Å². The maximum absolute atomic E-state index is 11.4. The van der Waals surface area contributed by atoms with Crippen molar-refractivity contribution in [1.82, 2.24) is 4.98 Å². The van der Waals surface area contributed by atoms with Gasteiger partial charge in [-0.05, 0) is 39.0 Å². The molecule has 0 atom stereocenters. The zero-order valence-corrected chi connectivity index (χ0v) is 9.73. The summed E-state index contributed by atoms with van der Waals surface area (Å²) in [5.74, 6) is 0.249. The molecule has 1 heterocycles. The molecule has 0 spiro atoms. The van der Waals surface area contributed by atoms with E-state index in [1.54, 1.807) is 31.3 Å². The summed E-state index contributed by atoms with van der Waals surface area (Å²) >= 11 is 0. The average Bonchev–Trinajstić information content (AvgIpc) is 2.20. The topological polar surface area (TPSA) is 51.2 Å². The second-order valence-electron chi connectivity index (χ2n) is 3.51. The maximum Gasteiger partial charge on any atom is 0.248 e. The molecule has 0 aliphatic rings. The minimum atomic E-state index is -0.191. The van der Waals surface area contributed by atoms with Gasteiger partial charge in [-0.25, -0.2) is 4.98 Å². The van der Waals surface area contributed by atoms with Crippen LogP contribution in [-0.4, -0.2) is 17.0 Å². The molecule has 0 bridgehead atoms. The van der Waals surface area contributed by atoms with Gasteiger partial charge in [0, 0.05) is 6.20 Å². The SMILES string of the molecule is CC=CC(=O)Nc1cccnc1OC(C)C. The van der Waals surface area contributed by atoms with Gasteiger partial charge in [-0.2, -0.15) is 0 Å².